The minimum absolute atomic E-state index is 0.153. The molecule has 0 amide bonds. The fraction of sp³-hybridized carbons (Fsp3) is 0.118. The molecule has 0 saturated carbocycles. The molecule has 35 heavy (non-hydrogen) atoms. The van der Waals surface area contributed by atoms with E-state index in [9.17, 15) is 0 Å². The predicted octanol–water partition coefficient (Wildman–Crippen LogP) is 9.01. The highest BCUT2D eigenvalue weighted by molar-refractivity contribution is 6.31. The number of benzene rings is 5. The van der Waals surface area contributed by atoms with Gasteiger partial charge in [0.1, 0.15) is 0 Å². The van der Waals surface area contributed by atoms with Crippen LogP contribution in [0.2, 0.25) is 5.02 Å². The third-order valence-electron chi connectivity index (χ3n) is 8.18. The summed E-state index contributed by atoms with van der Waals surface area (Å²) in [7, 11) is 0. The molecule has 0 fully saturated rings. The zero-order valence-electron chi connectivity index (χ0n) is 19.8. The molecule has 0 saturated heterocycles. The van der Waals surface area contributed by atoms with Crippen molar-refractivity contribution in [1.82, 2.24) is 0 Å². The molecule has 0 bridgehead atoms. The van der Waals surface area contributed by atoms with E-state index in [0.717, 1.165) is 5.02 Å². The Morgan fingerprint density at radius 3 is 1.57 bits per heavy atom. The van der Waals surface area contributed by atoms with Gasteiger partial charge in [-0.25, -0.2) is 0 Å². The zero-order valence-corrected chi connectivity index (χ0v) is 20.6. The van der Waals surface area contributed by atoms with Crippen LogP contribution in [0.4, 0.5) is 0 Å². The summed E-state index contributed by atoms with van der Waals surface area (Å²) < 4.78 is 0. The van der Waals surface area contributed by atoms with Crippen molar-refractivity contribution in [1.29, 1.82) is 0 Å². The first kappa shape index (κ1) is 20.7. The van der Waals surface area contributed by atoms with Crippen LogP contribution in [0.5, 0.6) is 0 Å². The van der Waals surface area contributed by atoms with Gasteiger partial charge in [0.2, 0.25) is 0 Å². The Bertz CT molecular complexity index is 1580. The Kier molecular flexibility index (Phi) is 4.26. The van der Waals surface area contributed by atoms with E-state index < -0.39 is 5.41 Å². The van der Waals surface area contributed by atoms with Crippen LogP contribution in [0.25, 0.3) is 22.3 Å². The zero-order chi connectivity index (χ0) is 23.8. The Morgan fingerprint density at radius 2 is 0.971 bits per heavy atom. The first-order chi connectivity index (χ1) is 17.0. The molecule has 0 unspecified atom stereocenters. The quantitative estimate of drug-likeness (QED) is 0.238. The molecule has 0 nitrogen and oxygen atoms in total. The van der Waals surface area contributed by atoms with Gasteiger partial charge in [-0.05, 0) is 67.8 Å². The van der Waals surface area contributed by atoms with Crippen LogP contribution >= 0.6 is 11.6 Å². The van der Waals surface area contributed by atoms with Gasteiger partial charge in [0, 0.05) is 10.4 Å². The van der Waals surface area contributed by atoms with Crippen molar-refractivity contribution < 1.29 is 0 Å². The maximum atomic E-state index is 6.97. The number of halogens is 1. The SMILES string of the molecule is CC1(C)c2ccccc2-c2cc(Cl)cc(C3(c4ccccc4)c4ccccc4-c4ccccc43)c21. The van der Waals surface area contributed by atoms with Gasteiger partial charge in [-0.15, -0.1) is 0 Å². The van der Waals surface area contributed by atoms with E-state index >= 15 is 0 Å². The predicted molar refractivity (Wildman–Crippen MR) is 146 cm³/mol. The van der Waals surface area contributed by atoms with Gasteiger partial charge in [-0.3, -0.25) is 0 Å². The lowest BCUT2D eigenvalue weighted by atomic mass is 9.63. The Hall–Kier alpha value is -3.61. The van der Waals surface area contributed by atoms with E-state index in [1.54, 1.807) is 0 Å². The van der Waals surface area contributed by atoms with Crippen LogP contribution in [0.15, 0.2) is 115 Å². The number of rotatable bonds is 2. The highest BCUT2D eigenvalue weighted by atomic mass is 35.5. The van der Waals surface area contributed by atoms with Crippen LogP contribution in [-0.2, 0) is 10.8 Å². The minimum atomic E-state index is -0.456. The third-order valence-corrected chi connectivity index (χ3v) is 8.40. The molecular formula is C34H25Cl. The van der Waals surface area contributed by atoms with Crippen LogP contribution < -0.4 is 0 Å². The van der Waals surface area contributed by atoms with Crippen molar-refractivity contribution in [3.8, 4) is 22.3 Å². The van der Waals surface area contributed by atoms with E-state index in [4.69, 9.17) is 11.6 Å². The molecule has 5 aromatic rings. The summed E-state index contributed by atoms with van der Waals surface area (Å²) in [5, 5.41) is 0.781. The fourth-order valence-electron chi connectivity index (χ4n) is 6.87. The third kappa shape index (κ3) is 2.58. The van der Waals surface area contributed by atoms with E-state index in [-0.39, 0.29) is 5.41 Å². The van der Waals surface area contributed by atoms with Crippen molar-refractivity contribution in [2.45, 2.75) is 24.7 Å². The van der Waals surface area contributed by atoms with Crippen LogP contribution in [-0.4, -0.2) is 0 Å². The summed E-state index contributed by atoms with van der Waals surface area (Å²) in [6, 6.07) is 42.0. The maximum absolute atomic E-state index is 6.97. The maximum Gasteiger partial charge on any atom is 0.0717 e. The minimum Gasteiger partial charge on any atom is -0.0843 e. The Labute approximate surface area is 211 Å². The van der Waals surface area contributed by atoms with Crippen molar-refractivity contribution >= 4 is 11.6 Å². The number of hydrogen-bond donors (Lipinski definition) is 0. The smallest absolute Gasteiger partial charge is 0.0717 e. The highest BCUT2D eigenvalue weighted by Gasteiger charge is 2.50. The molecule has 1 heteroatoms. The van der Waals surface area contributed by atoms with Crippen molar-refractivity contribution in [3.05, 3.63) is 154 Å². The second kappa shape index (κ2) is 7.20. The standard InChI is InChI=1S/C34H25Cl/c1-33(2)28-17-9-6-16-26(28)27-20-23(35)21-31(32(27)33)34(22-12-4-3-5-13-22)29-18-10-7-14-24(29)25-15-8-11-19-30(25)34/h3-21H,1-2H3. The Balaban J connectivity index is 1.70. The molecule has 0 aromatic heterocycles. The average molecular weight is 469 g/mol. The van der Waals surface area contributed by atoms with Crippen molar-refractivity contribution in [2.75, 3.05) is 0 Å². The lowest BCUT2D eigenvalue weighted by Crippen LogP contribution is -2.32. The van der Waals surface area contributed by atoms with Gasteiger partial charge in [0.15, 0.2) is 0 Å². The van der Waals surface area contributed by atoms with E-state index in [0.29, 0.717) is 0 Å². The molecule has 168 valence electrons. The fourth-order valence-corrected chi connectivity index (χ4v) is 7.08. The van der Waals surface area contributed by atoms with Crippen LogP contribution in [0.3, 0.4) is 0 Å². The summed E-state index contributed by atoms with van der Waals surface area (Å²) in [6.07, 6.45) is 0. The highest BCUT2D eigenvalue weighted by Crippen LogP contribution is 2.61. The summed E-state index contributed by atoms with van der Waals surface area (Å²) in [5.74, 6) is 0. The monoisotopic (exact) mass is 468 g/mol. The lowest BCUT2D eigenvalue weighted by Gasteiger charge is -2.38. The normalized spacial score (nSPS) is 15.7. The van der Waals surface area contributed by atoms with Crippen molar-refractivity contribution in [3.63, 3.8) is 0 Å². The van der Waals surface area contributed by atoms with Crippen LogP contribution in [0, 0.1) is 0 Å². The largest absolute Gasteiger partial charge is 0.0843 e. The Morgan fingerprint density at radius 1 is 0.486 bits per heavy atom. The number of fused-ring (bicyclic) bond motifs is 6. The first-order valence-corrected chi connectivity index (χ1v) is 12.6. The van der Waals surface area contributed by atoms with Gasteiger partial charge in [-0.2, -0.15) is 0 Å². The van der Waals surface area contributed by atoms with E-state index in [1.165, 1.54) is 55.6 Å². The van der Waals surface area contributed by atoms with Gasteiger partial charge in [0.25, 0.3) is 0 Å². The molecule has 0 atom stereocenters. The number of hydrogen-bond acceptors (Lipinski definition) is 0. The van der Waals surface area contributed by atoms with Gasteiger partial charge in [-0.1, -0.05) is 129 Å². The van der Waals surface area contributed by atoms with Crippen molar-refractivity contribution in [2.24, 2.45) is 0 Å². The van der Waals surface area contributed by atoms with E-state index in [2.05, 4.69) is 129 Å². The molecular weight excluding hydrogens is 444 g/mol. The van der Waals surface area contributed by atoms with Gasteiger partial charge in [0.05, 0.1) is 5.41 Å². The van der Waals surface area contributed by atoms with Gasteiger partial charge < -0.3 is 0 Å². The molecule has 7 rings (SSSR count). The average Bonchev–Trinajstić information content (AvgIpc) is 3.32. The molecule has 0 aliphatic heterocycles. The molecule has 0 N–H and O–H groups in total. The van der Waals surface area contributed by atoms with Gasteiger partial charge >= 0.3 is 0 Å². The lowest BCUT2D eigenvalue weighted by molar-refractivity contribution is 0.631. The summed E-state index contributed by atoms with van der Waals surface area (Å²) >= 11 is 6.97. The second-order valence-electron chi connectivity index (χ2n) is 10.3. The first-order valence-electron chi connectivity index (χ1n) is 12.2. The van der Waals surface area contributed by atoms with E-state index in [1.807, 2.05) is 0 Å². The topological polar surface area (TPSA) is 0 Å². The molecule has 0 heterocycles. The summed E-state index contributed by atoms with van der Waals surface area (Å²) in [5.41, 5.74) is 12.5. The van der Waals surface area contributed by atoms with Crippen LogP contribution in [0.1, 0.15) is 47.2 Å². The molecule has 2 aliphatic rings. The summed E-state index contributed by atoms with van der Waals surface area (Å²) in [4.78, 5) is 0. The second-order valence-corrected chi connectivity index (χ2v) is 10.7. The molecule has 5 aromatic carbocycles. The molecule has 2 aliphatic carbocycles. The summed E-state index contributed by atoms with van der Waals surface area (Å²) in [6.45, 7) is 4.72. The molecule has 0 spiro atoms. The molecule has 0 radical (unpaired) electrons.